The molecule has 0 bridgehead atoms. The van der Waals surface area contributed by atoms with Crippen LogP contribution in [0, 0.1) is 11.3 Å². The standard InChI is InChI=1S/C17H11NS/c18-11-14(10-13-6-2-1-3-7-13)16-12-19-17-9-5-4-8-15(16)17/h1-10,12H/b14-10-. The lowest BCUT2D eigenvalue weighted by Gasteiger charge is -1.98. The summed E-state index contributed by atoms with van der Waals surface area (Å²) in [4.78, 5) is 0. The molecule has 0 atom stereocenters. The Bertz CT molecular complexity index is 776. The summed E-state index contributed by atoms with van der Waals surface area (Å²) in [5, 5.41) is 12.6. The van der Waals surface area contributed by atoms with Gasteiger partial charge in [0, 0.05) is 21.0 Å². The third kappa shape index (κ3) is 2.29. The Morgan fingerprint density at radius 3 is 2.53 bits per heavy atom. The summed E-state index contributed by atoms with van der Waals surface area (Å²) in [6.45, 7) is 0. The van der Waals surface area contributed by atoms with Gasteiger partial charge in [-0.2, -0.15) is 5.26 Å². The minimum Gasteiger partial charge on any atom is -0.192 e. The summed E-state index contributed by atoms with van der Waals surface area (Å²) in [5.74, 6) is 0. The fourth-order valence-electron chi connectivity index (χ4n) is 2.07. The fourth-order valence-corrected chi connectivity index (χ4v) is 3.03. The Kier molecular flexibility index (Phi) is 3.14. The zero-order valence-corrected chi connectivity index (χ0v) is 11.0. The van der Waals surface area contributed by atoms with Crippen LogP contribution in [0.5, 0.6) is 0 Å². The van der Waals surface area contributed by atoms with Gasteiger partial charge in [0.1, 0.15) is 0 Å². The van der Waals surface area contributed by atoms with Crippen molar-refractivity contribution in [3.63, 3.8) is 0 Å². The van der Waals surface area contributed by atoms with Crippen molar-refractivity contribution in [2.75, 3.05) is 0 Å². The lowest BCUT2D eigenvalue weighted by atomic mass is 10.0. The van der Waals surface area contributed by atoms with E-state index in [0.717, 1.165) is 16.5 Å². The van der Waals surface area contributed by atoms with Crippen molar-refractivity contribution in [3.05, 3.63) is 71.1 Å². The molecular formula is C17H11NS. The average Bonchev–Trinajstić information content (AvgIpc) is 2.90. The summed E-state index contributed by atoms with van der Waals surface area (Å²) in [5.41, 5.74) is 2.78. The third-order valence-corrected chi connectivity index (χ3v) is 3.97. The summed E-state index contributed by atoms with van der Waals surface area (Å²) in [7, 11) is 0. The van der Waals surface area contributed by atoms with E-state index in [4.69, 9.17) is 0 Å². The number of allylic oxidation sites excluding steroid dienone is 1. The van der Waals surface area contributed by atoms with Crippen LogP contribution in [0.25, 0.3) is 21.7 Å². The van der Waals surface area contributed by atoms with Crippen molar-refractivity contribution in [3.8, 4) is 6.07 Å². The number of hydrogen-bond acceptors (Lipinski definition) is 2. The molecule has 0 amide bonds. The first-order valence-corrected chi connectivity index (χ1v) is 6.90. The molecule has 2 aromatic carbocycles. The van der Waals surface area contributed by atoms with Gasteiger partial charge in [0.2, 0.25) is 0 Å². The molecule has 90 valence electrons. The maximum atomic E-state index is 9.40. The topological polar surface area (TPSA) is 23.8 Å². The van der Waals surface area contributed by atoms with E-state index in [1.807, 2.05) is 48.5 Å². The molecule has 0 saturated heterocycles. The smallest absolute Gasteiger partial charge is 0.0998 e. The number of rotatable bonds is 2. The van der Waals surface area contributed by atoms with Crippen molar-refractivity contribution >= 4 is 33.1 Å². The monoisotopic (exact) mass is 261 g/mol. The van der Waals surface area contributed by atoms with Crippen LogP contribution in [-0.2, 0) is 0 Å². The molecule has 1 nitrogen and oxygen atoms in total. The van der Waals surface area contributed by atoms with Gasteiger partial charge in [0.05, 0.1) is 11.6 Å². The average molecular weight is 261 g/mol. The lowest BCUT2D eigenvalue weighted by molar-refractivity contribution is 1.53. The normalized spacial score (nSPS) is 11.4. The van der Waals surface area contributed by atoms with E-state index in [-0.39, 0.29) is 0 Å². The number of benzene rings is 2. The molecule has 0 spiro atoms. The van der Waals surface area contributed by atoms with E-state index in [2.05, 4.69) is 23.6 Å². The van der Waals surface area contributed by atoms with Crippen molar-refractivity contribution in [2.45, 2.75) is 0 Å². The summed E-state index contributed by atoms with van der Waals surface area (Å²) < 4.78 is 1.21. The molecule has 1 aromatic heterocycles. The largest absolute Gasteiger partial charge is 0.192 e. The zero-order valence-electron chi connectivity index (χ0n) is 10.2. The van der Waals surface area contributed by atoms with E-state index in [1.165, 1.54) is 4.70 Å². The molecule has 0 N–H and O–H groups in total. The molecule has 0 aliphatic heterocycles. The zero-order chi connectivity index (χ0) is 13.1. The summed E-state index contributed by atoms with van der Waals surface area (Å²) in [6, 6.07) is 20.4. The summed E-state index contributed by atoms with van der Waals surface area (Å²) >= 11 is 1.68. The molecule has 0 saturated carbocycles. The van der Waals surface area contributed by atoms with Crippen LogP contribution in [0.15, 0.2) is 60.0 Å². The van der Waals surface area contributed by atoms with Crippen LogP contribution in [0.1, 0.15) is 11.1 Å². The molecule has 0 unspecified atom stereocenters. The Balaban J connectivity index is 2.14. The van der Waals surface area contributed by atoms with Crippen LogP contribution >= 0.6 is 11.3 Å². The first-order chi connectivity index (χ1) is 9.38. The van der Waals surface area contributed by atoms with Crippen LogP contribution < -0.4 is 0 Å². The van der Waals surface area contributed by atoms with E-state index < -0.39 is 0 Å². The number of hydrogen-bond donors (Lipinski definition) is 0. The van der Waals surface area contributed by atoms with Crippen LogP contribution in [0.2, 0.25) is 0 Å². The number of thiophene rings is 1. The van der Waals surface area contributed by atoms with Crippen molar-refractivity contribution in [2.24, 2.45) is 0 Å². The minimum atomic E-state index is 0.712. The van der Waals surface area contributed by atoms with Gasteiger partial charge in [-0.05, 0) is 17.7 Å². The SMILES string of the molecule is N#C/C(=C/c1ccccc1)c1csc2ccccc12. The second-order valence-corrected chi connectivity index (χ2v) is 5.14. The molecule has 3 rings (SSSR count). The van der Waals surface area contributed by atoms with Gasteiger partial charge in [0.15, 0.2) is 0 Å². The highest BCUT2D eigenvalue weighted by atomic mass is 32.1. The Hall–Kier alpha value is -2.37. The number of fused-ring (bicyclic) bond motifs is 1. The maximum Gasteiger partial charge on any atom is 0.0998 e. The van der Waals surface area contributed by atoms with Gasteiger partial charge in [-0.3, -0.25) is 0 Å². The number of nitrogens with zero attached hydrogens (tertiary/aromatic N) is 1. The second kappa shape index (κ2) is 5.09. The Labute approximate surface area is 116 Å². The van der Waals surface area contributed by atoms with Crippen LogP contribution in [0.3, 0.4) is 0 Å². The van der Waals surface area contributed by atoms with Gasteiger partial charge in [-0.25, -0.2) is 0 Å². The van der Waals surface area contributed by atoms with E-state index in [0.29, 0.717) is 5.57 Å². The minimum absolute atomic E-state index is 0.712. The second-order valence-electron chi connectivity index (χ2n) is 4.23. The molecular weight excluding hydrogens is 250 g/mol. The third-order valence-electron chi connectivity index (χ3n) is 3.00. The van der Waals surface area contributed by atoms with Gasteiger partial charge in [0.25, 0.3) is 0 Å². The Morgan fingerprint density at radius 2 is 1.74 bits per heavy atom. The predicted molar refractivity (Wildman–Crippen MR) is 81.8 cm³/mol. The van der Waals surface area contributed by atoms with Gasteiger partial charge in [-0.1, -0.05) is 48.5 Å². The van der Waals surface area contributed by atoms with Crippen molar-refractivity contribution < 1.29 is 0 Å². The number of nitriles is 1. The lowest BCUT2D eigenvalue weighted by Crippen LogP contribution is -1.79. The van der Waals surface area contributed by atoms with Crippen LogP contribution in [-0.4, -0.2) is 0 Å². The van der Waals surface area contributed by atoms with Crippen LogP contribution in [0.4, 0.5) is 0 Å². The van der Waals surface area contributed by atoms with Crippen molar-refractivity contribution in [1.82, 2.24) is 0 Å². The molecule has 1 heterocycles. The van der Waals surface area contributed by atoms with Crippen molar-refractivity contribution in [1.29, 1.82) is 5.26 Å². The molecule has 19 heavy (non-hydrogen) atoms. The summed E-state index contributed by atoms with van der Waals surface area (Å²) in [6.07, 6.45) is 1.94. The molecule has 0 fully saturated rings. The first-order valence-electron chi connectivity index (χ1n) is 6.02. The fraction of sp³-hybridized carbons (Fsp3) is 0. The van der Waals surface area contributed by atoms with Gasteiger partial charge >= 0.3 is 0 Å². The molecule has 0 radical (unpaired) electrons. The highest BCUT2D eigenvalue weighted by molar-refractivity contribution is 7.17. The maximum absolute atomic E-state index is 9.40. The Morgan fingerprint density at radius 1 is 1.00 bits per heavy atom. The molecule has 0 aliphatic rings. The van der Waals surface area contributed by atoms with Gasteiger partial charge in [-0.15, -0.1) is 11.3 Å². The highest BCUT2D eigenvalue weighted by Gasteiger charge is 2.08. The van der Waals surface area contributed by atoms with Gasteiger partial charge < -0.3 is 0 Å². The predicted octanol–water partition coefficient (Wildman–Crippen LogP) is 4.97. The molecule has 3 aromatic rings. The molecule has 2 heteroatoms. The van der Waals surface area contributed by atoms with E-state index in [1.54, 1.807) is 11.3 Å². The first kappa shape index (κ1) is 11.7. The van der Waals surface area contributed by atoms with E-state index in [9.17, 15) is 5.26 Å². The quantitative estimate of drug-likeness (QED) is 0.598. The highest BCUT2D eigenvalue weighted by Crippen LogP contribution is 2.31. The molecule has 0 aliphatic carbocycles. The van der Waals surface area contributed by atoms with E-state index >= 15 is 0 Å².